The Bertz CT molecular complexity index is 1130. The third-order valence-corrected chi connectivity index (χ3v) is 6.38. The zero-order chi connectivity index (χ0) is 23.5. The molecule has 0 fully saturated rings. The lowest BCUT2D eigenvalue weighted by atomic mass is 9.93. The lowest BCUT2D eigenvalue weighted by Crippen LogP contribution is -2.32. The van der Waals surface area contributed by atoms with Crippen LogP contribution >= 0.6 is 23.2 Å². The van der Waals surface area contributed by atoms with E-state index in [1.807, 2.05) is 30.3 Å². The van der Waals surface area contributed by atoms with Crippen molar-refractivity contribution in [2.75, 3.05) is 32.8 Å². The van der Waals surface area contributed by atoms with E-state index in [1.165, 1.54) is 0 Å². The van der Waals surface area contributed by atoms with Crippen LogP contribution in [0, 0.1) is 0 Å². The van der Waals surface area contributed by atoms with E-state index in [1.54, 1.807) is 38.4 Å². The zero-order valence-electron chi connectivity index (χ0n) is 18.7. The highest BCUT2D eigenvalue weighted by molar-refractivity contribution is 6.31. The van der Waals surface area contributed by atoms with Gasteiger partial charge in [-0.2, -0.15) is 0 Å². The van der Waals surface area contributed by atoms with Gasteiger partial charge in [0, 0.05) is 27.8 Å². The van der Waals surface area contributed by atoms with Gasteiger partial charge in [-0.25, -0.2) is 0 Å². The number of ether oxygens (including phenoxy) is 4. The number of allylic oxidation sites excluding steroid dienone is 2. The Kier molecular flexibility index (Phi) is 7.17. The van der Waals surface area contributed by atoms with E-state index in [4.69, 9.17) is 42.1 Å². The molecule has 1 aliphatic heterocycles. The molecule has 2 aromatic carbocycles. The molecule has 1 heterocycles. The SMILES string of the molecule is COC1=C(Cl)CCC=C1[C@H]1OCC(=O)N(Cc2ccc(OC)cc2OC)c2ccc(Cl)cc21. The maximum atomic E-state index is 13.2. The number of hydrogen-bond acceptors (Lipinski definition) is 5. The highest BCUT2D eigenvalue weighted by atomic mass is 35.5. The van der Waals surface area contributed by atoms with Crippen LogP contribution in [0.4, 0.5) is 5.69 Å². The van der Waals surface area contributed by atoms with Gasteiger partial charge in [-0.1, -0.05) is 29.3 Å². The Labute approximate surface area is 203 Å². The van der Waals surface area contributed by atoms with Gasteiger partial charge in [0.2, 0.25) is 0 Å². The lowest BCUT2D eigenvalue weighted by molar-refractivity contribution is -0.124. The Balaban J connectivity index is 1.78. The van der Waals surface area contributed by atoms with Gasteiger partial charge in [0.25, 0.3) is 5.91 Å². The molecule has 6 nitrogen and oxygen atoms in total. The van der Waals surface area contributed by atoms with Crippen molar-refractivity contribution in [1.82, 2.24) is 0 Å². The monoisotopic (exact) mass is 489 g/mol. The van der Waals surface area contributed by atoms with Gasteiger partial charge in [0.15, 0.2) is 0 Å². The number of benzene rings is 2. The van der Waals surface area contributed by atoms with Gasteiger partial charge in [-0.15, -0.1) is 0 Å². The van der Waals surface area contributed by atoms with Crippen molar-refractivity contribution in [2.24, 2.45) is 0 Å². The number of nitrogens with zero attached hydrogens (tertiary/aromatic N) is 1. The Hall–Kier alpha value is -2.67. The fraction of sp³-hybridized carbons (Fsp3) is 0.320. The summed E-state index contributed by atoms with van der Waals surface area (Å²) in [5.41, 5.74) is 3.12. The van der Waals surface area contributed by atoms with Crippen LogP contribution < -0.4 is 14.4 Å². The van der Waals surface area contributed by atoms with E-state index < -0.39 is 6.10 Å². The zero-order valence-corrected chi connectivity index (χ0v) is 20.2. The van der Waals surface area contributed by atoms with Gasteiger partial charge in [0.05, 0.1) is 38.6 Å². The van der Waals surface area contributed by atoms with Crippen molar-refractivity contribution in [1.29, 1.82) is 0 Å². The molecule has 2 aromatic rings. The molecule has 1 atom stereocenters. The number of carbonyl (C=O) groups excluding carboxylic acids is 1. The predicted octanol–water partition coefficient (Wildman–Crippen LogP) is 5.78. The highest BCUT2D eigenvalue weighted by Gasteiger charge is 2.34. The number of fused-ring (bicyclic) bond motifs is 1. The van der Waals surface area contributed by atoms with Crippen LogP contribution in [-0.2, 0) is 20.8 Å². The number of methoxy groups -OCH3 is 3. The molecular weight excluding hydrogens is 465 g/mol. The quantitative estimate of drug-likeness (QED) is 0.514. The van der Waals surface area contributed by atoms with Crippen LogP contribution in [0.2, 0.25) is 5.02 Å². The molecular formula is C25H25Cl2NO5. The molecule has 0 unspecified atom stereocenters. The largest absolute Gasteiger partial charge is 0.497 e. The van der Waals surface area contributed by atoms with Crippen molar-refractivity contribution in [2.45, 2.75) is 25.5 Å². The number of rotatable bonds is 6. The van der Waals surface area contributed by atoms with Crippen LogP contribution in [-0.4, -0.2) is 33.8 Å². The molecule has 4 rings (SSSR count). The van der Waals surface area contributed by atoms with E-state index in [0.29, 0.717) is 46.0 Å². The number of amides is 1. The third kappa shape index (κ3) is 4.69. The molecule has 0 aromatic heterocycles. The number of hydrogen-bond donors (Lipinski definition) is 0. The minimum Gasteiger partial charge on any atom is -0.497 e. The number of anilines is 1. The summed E-state index contributed by atoms with van der Waals surface area (Å²) in [5, 5.41) is 1.18. The van der Waals surface area contributed by atoms with Gasteiger partial charge < -0.3 is 23.8 Å². The average molecular weight is 490 g/mol. The second-order valence-corrected chi connectivity index (χ2v) is 8.58. The second kappa shape index (κ2) is 10.1. The highest BCUT2D eigenvalue weighted by Crippen LogP contribution is 2.44. The van der Waals surface area contributed by atoms with E-state index in [0.717, 1.165) is 23.1 Å². The summed E-state index contributed by atoms with van der Waals surface area (Å²) in [6.45, 7) is 0.185. The van der Waals surface area contributed by atoms with Crippen LogP contribution in [0.1, 0.15) is 30.1 Å². The summed E-state index contributed by atoms with van der Waals surface area (Å²) in [4.78, 5) is 14.9. The third-order valence-electron chi connectivity index (χ3n) is 5.78. The van der Waals surface area contributed by atoms with E-state index >= 15 is 0 Å². The standard InChI is InChI=1S/C25H25Cl2NO5/c1-30-17-9-7-15(22(12-17)31-2)13-28-21-10-8-16(26)11-19(21)24(33-14-23(28)29)18-5-4-6-20(27)25(18)32-3/h5,7-12,24H,4,6,13-14H2,1-3H3/t24-/m1/s1. The average Bonchev–Trinajstić information content (AvgIpc) is 2.95. The summed E-state index contributed by atoms with van der Waals surface area (Å²) in [7, 11) is 4.77. The summed E-state index contributed by atoms with van der Waals surface area (Å²) in [6, 6.07) is 11.0. The van der Waals surface area contributed by atoms with Crippen molar-refractivity contribution in [3.63, 3.8) is 0 Å². The summed E-state index contributed by atoms with van der Waals surface area (Å²) < 4.78 is 22.6. The normalized spacial score (nSPS) is 18.5. The molecule has 0 saturated carbocycles. The van der Waals surface area contributed by atoms with Gasteiger partial charge in [-0.05, 0) is 43.2 Å². The van der Waals surface area contributed by atoms with Crippen LogP contribution in [0.15, 0.2) is 58.8 Å². The van der Waals surface area contributed by atoms with Crippen molar-refractivity contribution in [3.05, 3.63) is 75.0 Å². The first-order chi connectivity index (χ1) is 16.0. The minimum atomic E-state index is -0.547. The maximum Gasteiger partial charge on any atom is 0.253 e. The summed E-state index contributed by atoms with van der Waals surface area (Å²) >= 11 is 12.8. The van der Waals surface area contributed by atoms with E-state index in [9.17, 15) is 4.79 Å². The van der Waals surface area contributed by atoms with Crippen LogP contribution in [0.3, 0.4) is 0 Å². The Morgan fingerprint density at radius 3 is 2.61 bits per heavy atom. The fourth-order valence-corrected chi connectivity index (χ4v) is 4.67. The molecule has 0 spiro atoms. The maximum absolute atomic E-state index is 13.2. The molecule has 8 heteroatoms. The minimum absolute atomic E-state index is 0.110. The van der Waals surface area contributed by atoms with Crippen LogP contribution in [0.25, 0.3) is 0 Å². The number of halogens is 2. The fourth-order valence-electron chi connectivity index (χ4n) is 4.19. The first kappa shape index (κ1) is 23.5. The topological polar surface area (TPSA) is 57.2 Å². The summed E-state index contributed by atoms with van der Waals surface area (Å²) in [6.07, 6.45) is 2.96. The van der Waals surface area contributed by atoms with Gasteiger partial charge in [-0.3, -0.25) is 4.79 Å². The predicted molar refractivity (Wildman–Crippen MR) is 128 cm³/mol. The molecule has 0 radical (unpaired) electrons. The first-order valence-corrected chi connectivity index (χ1v) is 11.3. The van der Waals surface area contributed by atoms with Gasteiger partial charge >= 0.3 is 0 Å². The second-order valence-electron chi connectivity index (χ2n) is 7.69. The van der Waals surface area contributed by atoms with Gasteiger partial charge in [0.1, 0.15) is 30.0 Å². The molecule has 1 amide bonds. The molecule has 2 aliphatic rings. The molecule has 174 valence electrons. The van der Waals surface area contributed by atoms with E-state index in [2.05, 4.69) is 0 Å². The summed E-state index contributed by atoms with van der Waals surface area (Å²) in [5.74, 6) is 1.71. The molecule has 0 bridgehead atoms. The van der Waals surface area contributed by atoms with Crippen LogP contribution in [0.5, 0.6) is 11.5 Å². The lowest BCUT2D eigenvalue weighted by Gasteiger charge is -2.27. The molecule has 33 heavy (non-hydrogen) atoms. The van der Waals surface area contributed by atoms with Crippen molar-refractivity contribution >= 4 is 34.8 Å². The smallest absolute Gasteiger partial charge is 0.253 e. The molecule has 1 aliphatic carbocycles. The van der Waals surface area contributed by atoms with Crippen molar-refractivity contribution in [3.8, 4) is 11.5 Å². The molecule has 0 saturated heterocycles. The molecule has 0 N–H and O–H groups in total. The number of carbonyl (C=O) groups is 1. The van der Waals surface area contributed by atoms with Crippen molar-refractivity contribution < 1.29 is 23.7 Å². The van der Waals surface area contributed by atoms with E-state index in [-0.39, 0.29) is 12.5 Å². The first-order valence-electron chi connectivity index (χ1n) is 10.5. The Morgan fingerprint density at radius 1 is 1.06 bits per heavy atom. The Morgan fingerprint density at radius 2 is 1.88 bits per heavy atom.